The van der Waals surface area contributed by atoms with Gasteiger partial charge in [-0.3, -0.25) is 35.3 Å². The minimum atomic E-state index is -0.975. The molecule has 2 amide bonds. The molecule has 0 bridgehead atoms. The summed E-state index contributed by atoms with van der Waals surface area (Å²) in [5, 5.41) is 11.0. The van der Waals surface area contributed by atoms with Crippen molar-refractivity contribution in [2.75, 3.05) is 6.61 Å². The molecule has 35 heavy (non-hydrogen) atoms. The van der Waals surface area contributed by atoms with E-state index in [4.69, 9.17) is 16.3 Å². The van der Waals surface area contributed by atoms with Gasteiger partial charge in [-0.05, 0) is 37.3 Å². The number of ether oxygens (including phenoxy) is 1. The lowest BCUT2D eigenvalue weighted by atomic mass is 9.98. The van der Waals surface area contributed by atoms with Crippen LogP contribution in [0.1, 0.15) is 42.2 Å². The number of nitro benzene ring substituents is 1. The third-order valence-corrected chi connectivity index (χ3v) is 5.08. The molecular weight excluding hydrogens is 478 g/mol. The van der Waals surface area contributed by atoms with Crippen LogP contribution in [0.3, 0.4) is 0 Å². The molecule has 0 aliphatic carbocycles. The van der Waals surface area contributed by atoms with Crippen LogP contribution in [-0.4, -0.2) is 35.1 Å². The highest BCUT2D eigenvalue weighted by atomic mass is 35.5. The van der Waals surface area contributed by atoms with Gasteiger partial charge in [0.1, 0.15) is 5.02 Å². The van der Waals surface area contributed by atoms with E-state index < -0.39 is 40.8 Å². The minimum absolute atomic E-state index is 0.0575. The Morgan fingerprint density at radius 2 is 1.54 bits per heavy atom. The summed E-state index contributed by atoms with van der Waals surface area (Å²) >= 11 is 5.79. The maximum absolute atomic E-state index is 12.9. The van der Waals surface area contributed by atoms with Gasteiger partial charge < -0.3 is 4.74 Å². The van der Waals surface area contributed by atoms with Gasteiger partial charge in [-0.1, -0.05) is 47.5 Å². The van der Waals surface area contributed by atoms with Gasteiger partial charge in [0, 0.05) is 22.8 Å². The van der Waals surface area contributed by atoms with Crippen molar-refractivity contribution >= 4 is 40.9 Å². The van der Waals surface area contributed by atoms with Crippen LogP contribution in [0.15, 0.2) is 66.7 Å². The fourth-order valence-electron chi connectivity index (χ4n) is 2.96. The van der Waals surface area contributed by atoms with Crippen molar-refractivity contribution in [3.05, 3.63) is 110 Å². The summed E-state index contributed by atoms with van der Waals surface area (Å²) in [6, 6.07) is 15.8. The van der Waals surface area contributed by atoms with Crippen molar-refractivity contribution in [2.45, 2.75) is 6.92 Å². The molecule has 0 spiro atoms. The van der Waals surface area contributed by atoms with E-state index in [1.807, 2.05) is 6.92 Å². The summed E-state index contributed by atoms with van der Waals surface area (Å²) in [5.41, 5.74) is 4.87. The van der Waals surface area contributed by atoms with Crippen LogP contribution in [0.4, 0.5) is 5.69 Å². The first-order valence-corrected chi connectivity index (χ1v) is 10.5. The first-order valence-electron chi connectivity index (χ1n) is 10.1. The molecule has 10 nitrogen and oxygen atoms in total. The molecule has 0 aliphatic heterocycles. The molecule has 0 radical (unpaired) electrons. The Balaban J connectivity index is 1.64. The van der Waals surface area contributed by atoms with Crippen LogP contribution in [0.2, 0.25) is 5.02 Å². The molecule has 2 N–H and O–H groups in total. The molecule has 0 aliphatic rings. The Bertz CT molecular complexity index is 1320. The zero-order chi connectivity index (χ0) is 25.5. The first-order chi connectivity index (χ1) is 16.7. The largest absolute Gasteiger partial charge is 0.452 e. The van der Waals surface area contributed by atoms with Crippen molar-refractivity contribution in [3.8, 4) is 0 Å². The van der Waals surface area contributed by atoms with Gasteiger partial charge in [0.2, 0.25) is 0 Å². The SMILES string of the molecule is Cc1ccc(C(=O)NNC(=O)COC(=O)c2ccccc2C(=O)c2ccc(Cl)c([N+](=O)[O-])c2)cc1. The van der Waals surface area contributed by atoms with Gasteiger partial charge in [0.05, 0.1) is 10.5 Å². The summed E-state index contributed by atoms with van der Waals surface area (Å²) in [5.74, 6) is -3.02. The van der Waals surface area contributed by atoms with Gasteiger partial charge in [-0.2, -0.15) is 0 Å². The van der Waals surface area contributed by atoms with E-state index in [0.29, 0.717) is 5.56 Å². The molecule has 3 rings (SSSR count). The first kappa shape index (κ1) is 25.1. The number of benzene rings is 3. The lowest BCUT2D eigenvalue weighted by Gasteiger charge is -2.10. The number of rotatable bonds is 7. The van der Waals surface area contributed by atoms with E-state index >= 15 is 0 Å². The second kappa shape index (κ2) is 11.0. The molecule has 3 aromatic rings. The molecule has 0 heterocycles. The van der Waals surface area contributed by atoms with Crippen LogP contribution in [-0.2, 0) is 9.53 Å². The molecule has 0 fully saturated rings. The highest BCUT2D eigenvalue weighted by Crippen LogP contribution is 2.27. The van der Waals surface area contributed by atoms with Crippen molar-refractivity contribution in [3.63, 3.8) is 0 Å². The maximum Gasteiger partial charge on any atom is 0.339 e. The number of ketones is 1. The summed E-state index contributed by atoms with van der Waals surface area (Å²) in [4.78, 5) is 59.9. The molecule has 0 aromatic heterocycles. The van der Waals surface area contributed by atoms with Gasteiger partial charge in [-0.25, -0.2) is 4.79 Å². The van der Waals surface area contributed by atoms with E-state index in [1.165, 1.54) is 36.4 Å². The number of hydrazine groups is 1. The molecule has 0 unspecified atom stereocenters. The van der Waals surface area contributed by atoms with Crippen LogP contribution in [0.5, 0.6) is 0 Å². The number of halogens is 1. The molecule has 178 valence electrons. The Kier molecular flexibility index (Phi) is 7.90. The van der Waals surface area contributed by atoms with Crippen LogP contribution in [0, 0.1) is 17.0 Å². The van der Waals surface area contributed by atoms with E-state index in [0.717, 1.165) is 11.6 Å². The van der Waals surface area contributed by atoms with Crippen LogP contribution >= 0.6 is 11.6 Å². The molecule has 0 saturated carbocycles. The number of hydrogen-bond donors (Lipinski definition) is 2. The fraction of sp³-hybridized carbons (Fsp3) is 0.0833. The topological polar surface area (TPSA) is 145 Å². The summed E-state index contributed by atoms with van der Waals surface area (Å²) in [7, 11) is 0. The van der Waals surface area contributed by atoms with E-state index in [-0.39, 0.29) is 21.7 Å². The average molecular weight is 496 g/mol. The fourth-order valence-corrected chi connectivity index (χ4v) is 3.14. The Labute approximate surface area is 204 Å². The molecule has 11 heteroatoms. The summed E-state index contributed by atoms with van der Waals surface area (Å²) in [6.07, 6.45) is 0. The smallest absolute Gasteiger partial charge is 0.339 e. The number of hydrogen-bond acceptors (Lipinski definition) is 7. The van der Waals surface area contributed by atoms with Gasteiger partial charge in [0.15, 0.2) is 12.4 Å². The van der Waals surface area contributed by atoms with E-state index in [1.54, 1.807) is 24.3 Å². The standard InChI is InChI=1S/C24H18ClN3O7/c1-14-6-8-15(9-7-14)23(31)27-26-21(29)13-35-24(32)18-5-3-2-4-17(18)22(30)16-10-11-19(25)20(12-16)28(33)34/h2-12H,13H2,1H3,(H,26,29)(H,27,31). The highest BCUT2D eigenvalue weighted by Gasteiger charge is 2.22. The van der Waals surface area contributed by atoms with E-state index in [9.17, 15) is 29.3 Å². The minimum Gasteiger partial charge on any atom is -0.452 e. The second-order valence-electron chi connectivity index (χ2n) is 7.24. The Morgan fingerprint density at radius 3 is 2.20 bits per heavy atom. The molecule has 0 atom stereocenters. The molecular formula is C24H18ClN3O7. The lowest BCUT2D eigenvalue weighted by molar-refractivity contribution is -0.384. The second-order valence-corrected chi connectivity index (χ2v) is 7.65. The zero-order valence-corrected chi connectivity index (χ0v) is 19.0. The van der Waals surface area contributed by atoms with Crippen LogP contribution in [0.25, 0.3) is 0 Å². The number of nitro groups is 1. The maximum atomic E-state index is 12.9. The summed E-state index contributed by atoms with van der Waals surface area (Å²) < 4.78 is 4.97. The Hall–Kier alpha value is -4.57. The van der Waals surface area contributed by atoms with Gasteiger partial charge in [0.25, 0.3) is 17.5 Å². The van der Waals surface area contributed by atoms with Crippen molar-refractivity contribution in [1.29, 1.82) is 0 Å². The van der Waals surface area contributed by atoms with Crippen molar-refractivity contribution < 1.29 is 28.8 Å². The number of amides is 2. The highest BCUT2D eigenvalue weighted by molar-refractivity contribution is 6.33. The zero-order valence-electron chi connectivity index (χ0n) is 18.2. The Morgan fingerprint density at radius 1 is 0.914 bits per heavy atom. The van der Waals surface area contributed by atoms with E-state index in [2.05, 4.69) is 10.9 Å². The number of nitrogens with zero attached hydrogens (tertiary/aromatic N) is 1. The molecule has 0 saturated heterocycles. The normalized spacial score (nSPS) is 10.2. The monoisotopic (exact) mass is 495 g/mol. The van der Waals surface area contributed by atoms with Crippen molar-refractivity contribution in [1.82, 2.24) is 10.9 Å². The van der Waals surface area contributed by atoms with Gasteiger partial charge in [-0.15, -0.1) is 0 Å². The number of esters is 1. The third kappa shape index (κ3) is 6.27. The number of carbonyl (C=O) groups is 4. The number of carbonyl (C=O) groups excluding carboxylic acids is 4. The van der Waals surface area contributed by atoms with Crippen molar-refractivity contribution in [2.24, 2.45) is 0 Å². The van der Waals surface area contributed by atoms with Crippen LogP contribution < -0.4 is 10.9 Å². The summed E-state index contributed by atoms with van der Waals surface area (Å²) in [6.45, 7) is 1.13. The van der Waals surface area contributed by atoms with Gasteiger partial charge >= 0.3 is 5.97 Å². The predicted octanol–water partition coefficient (Wildman–Crippen LogP) is 3.41. The third-order valence-electron chi connectivity index (χ3n) is 4.76. The predicted molar refractivity (Wildman–Crippen MR) is 125 cm³/mol. The lowest BCUT2D eigenvalue weighted by Crippen LogP contribution is -2.43. The number of nitrogens with one attached hydrogen (secondary N) is 2. The average Bonchev–Trinajstić information content (AvgIpc) is 2.86. The number of aryl methyl sites for hydroxylation is 1. The molecule has 3 aromatic carbocycles. The quantitative estimate of drug-likeness (QED) is 0.221.